The van der Waals surface area contributed by atoms with Gasteiger partial charge in [0, 0.05) is 44.4 Å². The first-order valence-electron chi connectivity index (χ1n) is 12.5. The number of anilines is 1. The number of para-hydroxylation sites is 2. The van der Waals surface area contributed by atoms with Crippen molar-refractivity contribution in [2.24, 2.45) is 0 Å². The van der Waals surface area contributed by atoms with Gasteiger partial charge in [-0.15, -0.1) is 0 Å². The number of hydrogen-bond donors (Lipinski definition) is 2. The molecule has 0 saturated carbocycles. The quantitative estimate of drug-likeness (QED) is 0.227. The normalized spacial score (nSPS) is 20.2. The fourth-order valence-electron chi connectivity index (χ4n) is 5.83. The number of carbonyl (C=O) groups excluding carboxylic acids is 1. The molecule has 5 aromatic rings. The third-order valence-electron chi connectivity index (χ3n) is 7.41. The van der Waals surface area contributed by atoms with Crippen molar-refractivity contribution in [1.29, 1.82) is 0 Å². The second-order valence-corrected chi connectivity index (χ2v) is 10.3. The van der Waals surface area contributed by atoms with E-state index < -0.39 is 6.04 Å². The van der Waals surface area contributed by atoms with Gasteiger partial charge in [-0.25, -0.2) is 4.79 Å². The zero-order chi connectivity index (χ0) is 24.6. The fourth-order valence-corrected chi connectivity index (χ4v) is 6.10. The van der Waals surface area contributed by atoms with E-state index in [-0.39, 0.29) is 17.9 Å². The van der Waals surface area contributed by atoms with Gasteiger partial charge in [0.2, 0.25) is 0 Å². The molecule has 0 unspecified atom stereocenters. The Labute approximate surface area is 218 Å². The first kappa shape index (κ1) is 22.9. The summed E-state index contributed by atoms with van der Waals surface area (Å²) in [6, 6.07) is 24.6. The number of esters is 1. The van der Waals surface area contributed by atoms with Crippen LogP contribution in [0.2, 0.25) is 0 Å². The van der Waals surface area contributed by atoms with E-state index in [1.54, 1.807) is 0 Å². The summed E-state index contributed by atoms with van der Waals surface area (Å²) in [5.41, 5.74) is 5.71. The molecule has 3 aromatic carbocycles. The summed E-state index contributed by atoms with van der Waals surface area (Å²) in [6.45, 7) is 2.23. The van der Waals surface area contributed by atoms with Gasteiger partial charge < -0.3 is 19.6 Å². The highest BCUT2D eigenvalue weighted by atomic mass is 79.9. The number of benzene rings is 3. The van der Waals surface area contributed by atoms with Gasteiger partial charge in [0.15, 0.2) is 0 Å². The highest BCUT2D eigenvalue weighted by molar-refractivity contribution is 9.10. The summed E-state index contributed by atoms with van der Waals surface area (Å²) in [5.74, 6) is 0.0238. The van der Waals surface area contributed by atoms with Gasteiger partial charge in [0.25, 0.3) is 0 Å². The van der Waals surface area contributed by atoms with E-state index in [1.807, 2.05) is 25.1 Å². The molecule has 1 fully saturated rings. The van der Waals surface area contributed by atoms with Crippen molar-refractivity contribution in [3.05, 3.63) is 101 Å². The largest absolute Gasteiger partial charge is 0.464 e. The van der Waals surface area contributed by atoms with Crippen molar-refractivity contribution in [2.75, 3.05) is 11.5 Å². The van der Waals surface area contributed by atoms with Gasteiger partial charge in [-0.2, -0.15) is 0 Å². The molecule has 6 rings (SSSR count). The van der Waals surface area contributed by atoms with E-state index in [9.17, 15) is 4.79 Å². The lowest BCUT2D eigenvalue weighted by Gasteiger charge is -2.45. The number of rotatable bonds is 5. The standard InChI is InChI=1S/C30H28BrN3O2/c1-2-36-30(35)29-16-19(24-17-32-26-9-5-3-7-22(24)26)15-28(34(29)21-13-11-20(31)12-14-21)25-18-33-27-10-6-4-8-23(25)27/h3-14,17-19,28-29,32-33H,2,15-16H2,1H3/t19-,28-,29-/m0/s1. The van der Waals surface area contributed by atoms with Crippen LogP contribution in [0.3, 0.4) is 0 Å². The van der Waals surface area contributed by atoms with Gasteiger partial charge in [-0.05, 0) is 73.2 Å². The number of fused-ring (bicyclic) bond motifs is 2. The van der Waals surface area contributed by atoms with E-state index in [2.05, 4.69) is 97.8 Å². The van der Waals surface area contributed by atoms with Crippen LogP contribution < -0.4 is 4.90 Å². The number of ether oxygens (including phenoxy) is 1. The number of nitrogens with one attached hydrogen (secondary N) is 2. The van der Waals surface area contributed by atoms with Crippen LogP contribution in [0.15, 0.2) is 89.7 Å². The van der Waals surface area contributed by atoms with Crippen LogP contribution >= 0.6 is 15.9 Å². The summed E-state index contributed by atoms with van der Waals surface area (Å²) >= 11 is 3.56. The lowest BCUT2D eigenvalue weighted by atomic mass is 9.79. The molecule has 3 atom stereocenters. The minimum atomic E-state index is -0.405. The molecule has 1 aliphatic rings. The van der Waals surface area contributed by atoms with E-state index in [1.165, 1.54) is 21.9 Å². The van der Waals surface area contributed by atoms with E-state index in [0.29, 0.717) is 13.0 Å². The van der Waals surface area contributed by atoms with Crippen LogP contribution in [0, 0.1) is 0 Å². The number of aromatic nitrogens is 2. The molecule has 0 spiro atoms. The zero-order valence-corrected chi connectivity index (χ0v) is 21.7. The SMILES string of the molecule is CCOC(=O)[C@@H]1C[C@@H](c2c[nH]c3ccccc23)C[C@@H](c2c[nH]c3ccccc23)N1c1ccc(Br)cc1. The number of halogens is 1. The van der Waals surface area contributed by atoms with Crippen LogP contribution in [-0.2, 0) is 9.53 Å². The third kappa shape index (κ3) is 3.99. The lowest BCUT2D eigenvalue weighted by Crippen LogP contribution is -2.49. The molecule has 5 nitrogen and oxygen atoms in total. The molecule has 1 saturated heterocycles. The fraction of sp³-hybridized carbons (Fsp3) is 0.233. The minimum Gasteiger partial charge on any atom is -0.464 e. The average molecular weight is 542 g/mol. The monoisotopic (exact) mass is 541 g/mol. The molecule has 0 aliphatic carbocycles. The number of aromatic amines is 2. The molecule has 0 amide bonds. The number of hydrogen-bond acceptors (Lipinski definition) is 3. The Morgan fingerprint density at radius 3 is 2.17 bits per heavy atom. The van der Waals surface area contributed by atoms with Gasteiger partial charge >= 0.3 is 5.97 Å². The van der Waals surface area contributed by atoms with Crippen LogP contribution in [0.25, 0.3) is 21.8 Å². The molecule has 36 heavy (non-hydrogen) atoms. The molecule has 2 aromatic heterocycles. The molecular formula is C30H28BrN3O2. The van der Waals surface area contributed by atoms with Crippen LogP contribution in [0.5, 0.6) is 0 Å². The summed E-state index contributed by atoms with van der Waals surface area (Å²) in [6.07, 6.45) is 5.81. The summed E-state index contributed by atoms with van der Waals surface area (Å²) in [4.78, 5) is 22.7. The Morgan fingerprint density at radius 1 is 0.889 bits per heavy atom. The average Bonchev–Trinajstić information content (AvgIpc) is 3.53. The van der Waals surface area contributed by atoms with E-state index in [4.69, 9.17) is 4.74 Å². The lowest BCUT2D eigenvalue weighted by molar-refractivity contribution is -0.145. The zero-order valence-electron chi connectivity index (χ0n) is 20.1. The Balaban J connectivity index is 1.52. The third-order valence-corrected chi connectivity index (χ3v) is 7.94. The van der Waals surface area contributed by atoms with Crippen molar-refractivity contribution in [2.45, 2.75) is 37.8 Å². The van der Waals surface area contributed by atoms with Gasteiger partial charge in [0.1, 0.15) is 6.04 Å². The number of nitrogens with zero attached hydrogens (tertiary/aromatic N) is 1. The maximum absolute atomic E-state index is 13.5. The van der Waals surface area contributed by atoms with Crippen molar-refractivity contribution in [3.8, 4) is 0 Å². The Morgan fingerprint density at radius 2 is 1.50 bits per heavy atom. The minimum absolute atomic E-state index is 0.0101. The van der Waals surface area contributed by atoms with Gasteiger partial charge in [0.05, 0.1) is 12.6 Å². The predicted octanol–water partition coefficient (Wildman–Crippen LogP) is 7.47. The number of piperidine rings is 1. The van der Waals surface area contributed by atoms with E-state index in [0.717, 1.165) is 27.6 Å². The van der Waals surface area contributed by atoms with Crippen LogP contribution in [-0.4, -0.2) is 28.6 Å². The van der Waals surface area contributed by atoms with Crippen LogP contribution in [0.4, 0.5) is 5.69 Å². The molecule has 182 valence electrons. The maximum Gasteiger partial charge on any atom is 0.328 e. The van der Waals surface area contributed by atoms with Crippen LogP contribution in [0.1, 0.15) is 42.9 Å². The summed E-state index contributed by atoms with van der Waals surface area (Å²) < 4.78 is 6.67. The highest BCUT2D eigenvalue weighted by Gasteiger charge is 2.42. The molecule has 0 radical (unpaired) electrons. The smallest absolute Gasteiger partial charge is 0.328 e. The molecule has 0 bridgehead atoms. The second kappa shape index (κ2) is 9.51. The molecular weight excluding hydrogens is 514 g/mol. The molecule has 3 heterocycles. The Bertz CT molecular complexity index is 1520. The van der Waals surface area contributed by atoms with Gasteiger partial charge in [-0.1, -0.05) is 52.3 Å². The van der Waals surface area contributed by atoms with Crippen molar-refractivity contribution in [3.63, 3.8) is 0 Å². The molecule has 1 aliphatic heterocycles. The first-order chi connectivity index (χ1) is 17.6. The van der Waals surface area contributed by atoms with Crippen molar-refractivity contribution < 1.29 is 9.53 Å². The first-order valence-corrected chi connectivity index (χ1v) is 13.3. The Hall–Kier alpha value is -3.51. The number of H-pyrrole nitrogens is 2. The van der Waals surface area contributed by atoms with Crippen molar-refractivity contribution >= 4 is 49.4 Å². The number of carbonyl (C=O) groups is 1. The Kier molecular flexibility index (Phi) is 6.05. The van der Waals surface area contributed by atoms with E-state index >= 15 is 0 Å². The second-order valence-electron chi connectivity index (χ2n) is 9.41. The molecule has 6 heteroatoms. The summed E-state index contributed by atoms with van der Waals surface area (Å²) in [5, 5.41) is 2.41. The molecule has 2 N–H and O–H groups in total. The highest BCUT2D eigenvalue weighted by Crippen LogP contribution is 2.47. The topological polar surface area (TPSA) is 61.1 Å². The predicted molar refractivity (Wildman–Crippen MR) is 148 cm³/mol. The van der Waals surface area contributed by atoms with Crippen molar-refractivity contribution in [1.82, 2.24) is 9.97 Å². The maximum atomic E-state index is 13.5. The summed E-state index contributed by atoms with van der Waals surface area (Å²) in [7, 11) is 0. The van der Waals surface area contributed by atoms with Gasteiger partial charge in [-0.3, -0.25) is 0 Å².